The van der Waals surface area contributed by atoms with E-state index < -0.39 is 0 Å². The number of hydrogen-bond acceptors (Lipinski definition) is 1. The summed E-state index contributed by atoms with van der Waals surface area (Å²) in [5.74, 6) is 2.50. The van der Waals surface area contributed by atoms with Gasteiger partial charge in [-0.25, -0.2) is 4.98 Å². The Labute approximate surface area is 96.7 Å². The summed E-state index contributed by atoms with van der Waals surface area (Å²) in [6.45, 7) is 5.49. The molecule has 1 heterocycles. The molecule has 0 N–H and O–H groups in total. The molecule has 2 nitrogen and oxygen atoms in total. The summed E-state index contributed by atoms with van der Waals surface area (Å²) in [5.41, 5.74) is 0. The first kappa shape index (κ1) is 11.0. The van der Waals surface area contributed by atoms with Crippen molar-refractivity contribution in [1.82, 2.24) is 9.55 Å². The average Bonchev–Trinajstić information content (AvgIpc) is 2.69. The van der Waals surface area contributed by atoms with Crippen LogP contribution < -0.4 is 0 Å². The fourth-order valence-electron chi connectivity index (χ4n) is 2.55. The van der Waals surface area contributed by atoms with E-state index in [0.29, 0.717) is 17.2 Å². The van der Waals surface area contributed by atoms with Crippen molar-refractivity contribution in [1.29, 1.82) is 0 Å². The molecule has 15 heavy (non-hydrogen) atoms. The molecule has 0 aliphatic heterocycles. The Morgan fingerprint density at radius 2 is 2.33 bits per heavy atom. The zero-order valence-corrected chi connectivity index (χ0v) is 10.2. The quantitative estimate of drug-likeness (QED) is 0.707. The Morgan fingerprint density at radius 3 is 3.07 bits per heavy atom. The molecule has 0 saturated heterocycles. The van der Waals surface area contributed by atoms with Crippen LogP contribution in [0.25, 0.3) is 0 Å². The summed E-state index contributed by atoms with van der Waals surface area (Å²) in [6.07, 6.45) is 7.45. The summed E-state index contributed by atoms with van der Waals surface area (Å²) in [6, 6.07) is 0. The van der Waals surface area contributed by atoms with Crippen molar-refractivity contribution >= 4 is 11.6 Å². The van der Waals surface area contributed by atoms with Crippen molar-refractivity contribution in [2.45, 2.75) is 50.9 Å². The minimum atomic E-state index is 0.341. The highest BCUT2D eigenvalue weighted by atomic mass is 35.5. The molecular formula is C12H19ClN2. The molecule has 2 rings (SSSR count). The lowest BCUT2D eigenvalue weighted by Gasteiger charge is -2.31. The second-order valence-electron chi connectivity index (χ2n) is 4.57. The molecule has 1 saturated carbocycles. The maximum Gasteiger partial charge on any atom is 0.112 e. The van der Waals surface area contributed by atoms with E-state index in [0.717, 1.165) is 19.4 Å². The first-order chi connectivity index (χ1) is 7.22. The van der Waals surface area contributed by atoms with E-state index in [2.05, 4.69) is 29.6 Å². The third kappa shape index (κ3) is 2.20. The van der Waals surface area contributed by atoms with Gasteiger partial charge in [0.05, 0.1) is 0 Å². The third-order valence-corrected chi connectivity index (χ3v) is 3.95. The van der Waals surface area contributed by atoms with Gasteiger partial charge in [0, 0.05) is 30.2 Å². The van der Waals surface area contributed by atoms with Crippen LogP contribution in [0.4, 0.5) is 0 Å². The molecule has 84 valence electrons. The van der Waals surface area contributed by atoms with Crippen LogP contribution in [0.15, 0.2) is 12.4 Å². The van der Waals surface area contributed by atoms with Gasteiger partial charge in [0.2, 0.25) is 0 Å². The molecule has 1 aromatic heterocycles. The van der Waals surface area contributed by atoms with E-state index in [1.807, 2.05) is 6.20 Å². The van der Waals surface area contributed by atoms with Crippen LogP contribution in [-0.2, 0) is 6.54 Å². The Bertz CT molecular complexity index is 321. The average molecular weight is 227 g/mol. The largest absolute Gasteiger partial charge is 0.335 e. The topological polar surface area (TPSA) is 17.8 Å². The summed E-state index contributed by atoms with van der Waals surface area (Å²) in [5, 5.41) is 0.341. The summed E-state index contributed by atoms with van der Waals surface area (Å²) in [4.78, 5) is 4.50. The monoisotopic (exact) mass is 226 g/mol. The minimum Gasteiger partial charge on any atom is -0.335 e. The molecule has 3 heteroatoms. The lowest BCUT2D eigenvalue weighted by atomic mass is 9.79. The summed E-state index contributed by atoms with van der Waals surface area (Å²) >= 11 is 6.25. The summed E-state index contributed by atoms with van der Waals surface area (Å²) < 4.78 is 2.25. The third-order valence-electron chi connectivity index (χ3n) is 3.55. The van der Waals surface area contributed by atoms with Crippen molar-refractivity contribution in [2.24, 2.45) is 5.92 Å². The molecule has 1 aliphatic carbocycles. The second kappa shape index (κ2) is 4.56. The van der Waals surface area contributed by atoms with Gasteiger partial charge in [0.25, 0.3) is 0 Å². The first-order valence-electron chi connectivity index (χ1n) is 5.87. The van der Waals surface area contributed by atoms with Crippen molar-refractivity contribution in [2.75, 3.05) is 0 Å². The number of rotatable bonds is 2. The number of halogens is 1. The molecular weight excluding hydrogens is 208 g/mol. The number of hydrogen-bond donors (Lipinski definition) is 0. The van der Waals surface area contributed by atoms with E-state index in [-0.39, 0.29) is 0 Å². The van der Waals surface area contributed by atoms with Gasteiger partial charge < -0.3 is 4.57 Å². The SMILES string of the molecule is CCn1ccnc1C1CC(Cl)CCC1C. The molecule has 0 spiro atoms. The molecule has 0 bridgehead atoms. The lowest BCUT2D eigenvalue weighted by molar-refractivity contribution is 0.317. The Balaban J connectivity index is 2.20. The van der Waals surface area contributed by atoms with Crippen LogP contribution >= 0.6 is 11.6 Å². The van der Waals surface area contributed by atoms with E-state index >= 15 is 0 Å². The molecule has 1 aliphatic rings. The standard InChI is InChI=1S/C12H19ClN2/c1-3-15-7-6-14-12(15)11-8-10(13)5-4-9(11)2/h6-7,9-11H,3-5,8H2,1-2H3. The molecule has 1 aromatic rings. The molecule has 0 aromatic carbocycles. The predicted molar refractivity (Wildman–Crippen MR) is 63.3 cm³/mol. The zero-order valence-electron chi connectivity index (χ0n) is 9.49. The van der Waals surface area contributed by atoms with Gasteiger partial charge >= 0.3 is 0 Å². The predicted octanol–water partition coefficient (Wildman–Crippen LogP) is 3.41. The highest BCUT2D eigenvalue weighted by Gasteiger charge is 2.30. The van der Waals surface area contributed by atoms with Crippen molar-refractivity contribution in [3.05, 3.63) is 18.2 Å². The Morgan fingerprint density at radius 1 is 1.53 bits per heavy atom. The number of imidazole rings is 1. The highest BCUT2D eigenvalue weighted by Crippen LogP contribution is 2.38. The lowest BCUT2D eigenvalue weighted by Crippen LogP contribution is -2.24. The second-order valence-corrected chi connectivity index (χ2v) is 5.18. The summed E-state index contributed by atoms with van der Waals surface area (Å²) in [7, 11) is 0. The van der Waals surface area contributed by atoms with E-state index in [4.69, 9.17) is 11.6 Å². The van der Waals surface area contributed by atoms with E-state index in [1.54, 1.807) is 0 Å². The number of aryl methyl sites for hydroxylation is 1. The molecule has 0 radical (unpaired) electrons. The first-order valence-corrected chi connectivity index (χ1v) is 6.31. The van der Waals surface area contributed by atoms with Gasteiger partial charge in [0.1, 0.15) is 5.82 Å². The van der Waals surface area contributed by atoms with Crippen LogP contribution in [0.1, 0.15) is 44.9 Å². The van der Waals surface area contributed by atoms with Crippen LogP contribution in [0.3, 0.4) is 0 Å². The maximum atomic E-state index is 6.25. The van der Waals surface area contributed by atoms with Crippen molar-refractivity contribution in [3.63, 3.8) is 0 Å². The number of aromatic nitrogens is 2. The van der Waals surface area contributed by atoms with Gasteiger partial charge in [-0.2, -0.15) is 0 Å². The van der Waals surface area contributed by atoms with Crippen LogP contribution in [-0.4, -0.2) is 14.9 Å². The molecule has 1 fully saturated rings. The molecule has 0 amide bonds. The van der Waals surface area contributed by atoms with Crippen molar-refractivity contribution in [3.8, 4) is 0 Å². The molecule has 3 atom stereocenters. The molecule has 3 unspecified atom stereocenters. The van der Waals surface area contributed by atoms with E-state index in [9.17, 15) is 0 Å². The zero-order chi connectivity index (χ0) is 10.8. The van der Waals surface area contributed by atoms with E-state index in [1.165, 1.54) is 12.2 Å². The fourth-order valence-corrected chi connectivity index (χ4v) is 2.87. The van der Waals surface area contributed by atoms with Gasteiger partial charge in [-0.15, -0.1) is 11.6 Å². The number of nitrogens with zero attached hydrogens (tertiary/aromatic N) is 2. The Kier molecular flexibility index (Phi) is 3.35. The van der Waals surface area contributed by atoms with Crippen LogP contribution in [0.2, 0.25) is 0 Å². The smallest absolute Gasteiger partial charge is 0.112 e. The van der Waals surface area contributed by atoms with Gasteiger partial charge in [-0.05, 0) is 32.1 Å². The normalized spacial score (nSPS) is 31.8. The fraction of sp³-hybridized carbons (Fsp3) is 0.750. The van der Waals surface area contributed by atoms with Gasteiger partial charge in [0.15, 0.2) is 0 Å². The highest BCUT2D eigenvalue weighted by molar-refractivity contribution is 6.20. The van der Waals surface area contributed by atoms with Gasteiger partial charge in [-0.3, -0.25) is 0 Å². The minimum absolute atomic E-state index is 0.341. The number of alkyl halides is 1. The van der Waals surface area contributed by atoms with Crippen LogP contribution in [0, 0.1) is 5.92 Å². The Hall–Kier alpha value is -0.500. The van der Waals surface area contributed by atoms with Gasteiger partial charge in [-0.1, -0.05) is 6.92 Å². The maximum absolute atomic E-state index is 6.25. The van der Waals surface area contributed by atoms with Crippen LogP contribution in [0.5, 0.6) is 0 Å². The van der Waals surface area contributed by atoms with Crippen molar-refractivity contribution < 1.29 is 0 Å².